The van der Waals surface area contributed by atoms with E-state index in [-0.39, 0.29) is 5.56 Å². The van der Waals surface area contributed by atoms with Crippen LogP contribution in [0.3, 0.4) is 0 Å². The monoisotopic (exact) mass is 425 g/mol. The molecule has 3 aromatic rings. The number of nitrogens with one attached hydrogen (secondary N) is 2. The van der Waals surface area contributed by atoms with Crippen molar-refractivity contribution < 1.29 is 0 Å². The lowest BCUT2D eigenvalue weighted by molar-refractivity contribution is 0.311. The summed E-state index contributed by atoms with van der Waals surface area (Å²) in [5.41, 5.74) is 3.51. The molecule has 1 heterocycles. The van der Waals surface area contributed by atoms with E-state index in [9.17, 15) is 4.79 Å². The number of hydrogen-bond donors (Lipinski definition) is 2. The Morgan fingerprint density at radius 1 is 1.21 bits per heavy atom. The maximum atomic E-state index is 12.8. The number of H-pyrrole nitrogens is 1. The Balaban J connectivity index is 1.63. The first-order valence-corrected chi connectivity index (χ1v) is 10.7. The van der Waals surface area contributed by atoms with Gasteiger partial charge in [0.1, 0.15) is 0 Å². The van der Waals surface area contributed by atoms with Crippen molar-refractivity contribution in [2.45, 2.75) is 45.2 Å². The molecule has 0 radical (unpaired) electrons. The number of anilines is 1. The molecule has 4 rings (SSSR count). The van der Waals surface area contributed by atoms with Crippen molar-refractivity contribution in [3.8, 4) is 0 Å². The molecule has 1 aliphatic carbocycles. The summed E-state index contributed by atoms with van der Waals surface area (Å²) >= 11 is 11.9. The molecule has 1 saturated carbocycles. The minimum Gasteiger partial charge on any atom is -0.342 e. The van der Waals surface area contributed by atoms with Crippen LogP contribution in [-0.2, 0) is 6.54 Å². The van der Waals surface area contributed by atoms with Crippen LogP contribution in [0.25, 0.3) is 10.9 Å². The minimum atomic E-state index is -0.0587. The molecule has 2 N–H and O–H groups in total. The summed E-state index contributed by atoms with van der Waals surface area (Å²) in [5, 5.41) is 5.62. The van der Waals surface area contributed by atoms with Gasteiger partial charge < -0.3 is 15.2 Å². The quantitative estimate of drug-likeness (QED) is 0.531. The number of aromatic amines is 1. The molecule has 2 aromatic carbocycles. The van der Waals surface area contributed by atoms with Crippen molar-refractivity contribution in [1.82, 2.24) is 9.88 Å². The van der Waals surface area contributed by atoms with Gasteiger partial charge in [-0.2, -0.15) is 0 Å². The first kappa shape index (κ1) is 19.9. The zero-order chi connectivity index (χ0) is 20.4. The number of fused-ring (bicyclic) bond motifs is 1. The molecule has 4 nitrogen and oxygen atoms in total. The minimum absolute atomic E-state index is 0.0587. The maximum Gasteiger partial charge on any atom is 0.253 e. The highest BCUT2D eigenvalue weighted by atomic mass is 35.5. The fraction of sp³-hybridized carbons (Fsp3) is 0.304. The van der Waals surface area contributed by atoms with Crippen molar-refractivity contribution in [2.75, 3.05) is 5.32 Å². The van der Waals surface area contributed by atoms with E-state index < -0.39 is 0 Å². The predicted molar refractivity (Wildman–Crippen MR) is 125 cm³/mol. The third-order valence-corrected chi connectivity index (χ3v) is 6.09. The largest absolute Gasteiger partial charge is 0.342 e. The van der Waals surface area contributed by atoms with Crippen molar-refractivity contribution in [3.05, 3.63) is 75.0 Å². The fourth-order valence-electron chi connectivity index (χ4n) is 4.01. The Morgan fingerprint density at radius 2 is 2.00 bits per heavy atom. The van der Waals surface area contributed by atoms with Gasteiger partial charge in [0.2, 0.25) is 0 Å². The van der Waals surface area contributed by atoms with Crippen LogP contribution in [0, 0.1) is 6.92 Å². The number of nitrogens with zero attached hydrogens (tertiary/aromatic N) is 1. The van der Waals surface area contributed by atoms with Gasteiger partial charge in [0.15, 0.2) is 5.11 Å². The predicted octanol–water partition coefficient (Wildman–Crippen LogP) is 5.63. The molecular formula is C23H24ClN3OS. The molecule has 6 heteroatoms. The number of aromatic nitrogens is 1. The second kappa shape index (κ2) is 8.56. The lowest BCUT2D eigenvalue weighted by atomic mass is 10.1. The lowest BCUT2D eigenvalue weighted by Gasteiger charge is -2.31. The molecule has 1 aromatic heterocycles. The van der Waals surface area contributed by atoms with E-state index in [0.717, 1.165) is 40.6 Å². The van der Waals surface area contributed by atoms with Gasteiger partial charge in [-0.1, -0.05) is 42.6 Å². The van der Waals surface area contributed by atoms with E-state index in [1.807, 2.05) is 49.4 Å². The van der Waals surface area contributed by atoms with Crippen LogP contribution in [-0.4, -0.2) is 21.0 Å². The van der Waals surface area contributed by atoms with Gasteiger partial charge in [0, 0.05) is 27.8 Å². The molecule has 0 unspecified atom stereocenters. The van der Waals surface area contributed by atoms with Gasteiger partial charge in [-0.05, 0) is 73.3 Å². The topological polar surface area (TPSA) is 48.1 Å². The molecule has 0 spiro atoms. The van der Waals surface area contributed by atoms with Crippen molar-refractivity contribution in [3.63, 3.8) is 0 Å². The van der Waals surface area contributed by atoms with E-state index in [1.54, 1.807) is 0 Å². The second-order valence-electron chi connectivity index (χ2n) is 7.72. The summed E-state index contributed by atoms with van der Waals surface area (Å²) in [6.45, 7) is 2.50. The summed E-state index contributed by atoms with van der Waals surface area (Å²) < 4.78 is 0. The van der Waals surface area contributed by atoms with Crippen molar-refractivity contribution in [2.24, 2.45) is 0 Å². The zero-order valence-electron chi connectivity index (χ0n) is 16.4. The smallest absolute Gasteiger partial charge is 0.253 e. The summed E-state index contributed by atoms with van der Waals surface area (Å²) in [5.74, 6) is 0. The van der Waals surface area contributed by atoms with Crippen LogP contribution in [0.4, 0.5) is 5.69 Å². The van der Waals surface area contributed by atoms with E-state index in [0.29, 0.717) is 22.7 Å². The van der Waals surface area contributed by atoms with Crippen LogP contribution in [0.2, 0.25) is 5.02 Å². The number of benzene rings is 2. The van der Waals surface area contributed by atoms with Crippen molar-refractivity contribution in [1.29, 1.82) is 0 Å². The van der Waals surface area contributed by atoms with Crippen LogP contribution >= 0.6 is 23.8 Å². The van der Waals surface area contributed by atoms with Crippen LogP contribution in [0.5, 0.6) is 0 Å². The summed E-state index contributed by atoms with van der Waals surface area (Å²) in [6.07, 6.45) is 4.55. The Bertz CT molecular complexity index is 1100. The summed E-state index contributed by atoms with van der Waals surface area (Å²) in [6, 6.07) is 15.9. The maximum absolute atomic E-state index is 12.8. The van der Waals surface area contributed by atoms with Crippen LogP contribution < -0.4 is 10.9 Å². The van der Waals surface area contributed by atoms with E-state index in [1.165, 1.54) is 12.8 Å². The van der Waals surface area contributed by atoms with E-state index in [2.05, 4.69) is 21.3 Å². The molecule has 0 aliphatic heterocycles. The number of thiocarbonyl (C=S) groups is 1. The molecule has 29 heavy (non-hydrogen) atoms. The molecule has 0 amide bonds. The first-order chi connectivity index (χ1) is 14.0. The Kier molecular flexibility index (Phi) is 5.88. The van der Waals surface area contributed by atoms with Gasteiger partial charge in [0.25, 0.3) is 5.56 Å². The molecule has 0 saturated heterocycles. The van der Waals surface area contributed by atoms with Crippen LogP contribution in [0.15, 0.2) is 53.3 Å². The first-order valence-electron chi connectivity index (χ1n) is 9.95. The standard InChI is InChI=1S/C23H24ClN3OS/c1-15-9-10-16-12-17(22(28)26-21(16)11-15)14-27(20-7-2-3-8-20)23(29)25-19-6-4-5-18(24)13-19/h4-6,9-13,20H,2-3,7-8,14H2,1H3,(H,25,29)(H,26,28). The number of rotatable bonds is 4. The number of aryl methyl sites for hydroxylation is 1. The summed E-state index contributed by atoms with van der Waals surface area (Å²) in [7, 11) is 0. The molecule has 1 fully saturated rings. The Hall–Kier alpha value is -2.37. The van der Waals surface area contributed by atoms with Gasteiger partial charge >= 0.3 is 0 Å². The molecule has 0 atom stereocenters. The number of halogens is 1. The van der Waals surface area contributed by atoms with Crippen LogP contribution in [0.1, 0.15) is 36.8 Å². The zero-order valence-corrected chi connectivity index (χ0v) is 17.9. The Morgan fingerprint density at radius 3 is 2.76 bits per heavy atom. The Labute approximate surface area is 180 Å². The second-order valence-corrected chi connectivity index (χ2v) is 8.54. The average molecular weight is 426 g/mol. The van der Waals surface area contributed by atoms with Gasteiger partial charge in [-0.3, -0.25) is 4.79 Å². The SMILES string of the molecule is Cc1ccc2cc(CN(C(=S)Nc3cccc(Cl)c3)C3CCCC3)c(=O)[nH]c2c1. The number of pyridine rings is 1. The highest BCUT2D eigenvalue weighted by molar-refractivity contribution is 7.80. The van der Waals surface area contributed by atoms with Crippen molar-refractivity contribution >= 4 is 45.5 Å². The highest BCUT2D eigenvalue weighted by Crippen LogP contribution is 2.26. The highest BCUT2D eigenvalue weighted by Gasteiger charge is 2.25. The van der Waals surface area contributed by atoms with E-state index >= 15 is 0 Å². The molecule has 150 valence electrons. The third kappa shape index (κ3) is 4.62. The number of hydrogen-bond acceptors (Lipinski definition) is 2. The normalized spacial score (nSPS) is 14.3. The van der Waals surface area contributed by atoms with Gasteiger partial charge in [0.05, 0.1) is 6.54 Å². The summed E-state index contributed by atoms with van der Waals surface area (Å²) in [4.78, 5) is 17.9. The van der Waals surface area contributed by atoms with Gasteiger partial charge in [-0.15, -0.1) is 0 Å². The third-order valence-electron chi connectivity index (χ3n) is 5.52. The fourth-order valence-corrected chi connectivity index (χ4v) is 4.53. The molecule has 0 bridgehead atoms. The average Bonchev–Trinajstić information content (AvgIpc) is 3.20. The van der Waals surface area contributed by atoms with Gasteiger partial charge in [-0.25, -0.2) is 0 Å². The molecule has 1 aliphatic rings. The molecular weight excluding hydrogens is 402 g/mol. The van der Waals surface area contributed by atoms with E-state index in [4.69, 9.17) is 23.8 Å². The lowest BCUT2D eigenvalue weighted by Crippen LogP contribution is -2.42.